The number of ketones is 1. The molecule has 2 rings (SSSR count). The quantitative estimate of drug-likeness (QED) is 0.766. The van der Waals surface area contributed by atoms with E-state index in [-0.39, 0.29) is 25.0 Å². The van der Waals surface area contributed by atoms with E-state index in [2.05, 4.69) is 0 Å². The average Bonchev–Trinajstić information content (AvgIpc) is 2.57. The molecule has 6 heteroatoms. The lowest BCUT2D eigenvalue weighted by Gasteiger charge is -2.36. The number of rotatable bonds is 5. The Labute approximate surface area is 134 Å². The molecule has 0 spiro atoms. The average molecular weight is 320 g/mol. The van der Waals surface area contributed by atoms with Gasteiger partial charge >= 0.3 is 11.9 Å². The molecule has 0 saturated carbocycles. The Morgan fingerprint density at radius 3 is 2.17 bits per heavy atom. The zero-order valence-electron chi connectivity index (χ0n) is 13.5. The molecule has 1 aromatic rings. The Bertz CT molecular complexity index is 616. The van der Waals surface area contributed by atoms with Gasteiger partial charge in [0.15, 0.2) is 0 Å². The van der Waals surface area contributed by atoms with Gasteiger partial charge in [-0.05, 0) is 29.7 Å². The van der Waals surface area contributed by atoms with Crippen LogP contribution in [0.4, 0.5) is 0 Å². The Hall–Kier alpha value is -2.37. The van der Waals surface area contributed by atoms with Crippen LogP contribution in [0, 0.1) is 0 Å². The number of aryl methyl sites for hydroxylation is 1. The first-order valence-electron chi connectivity index (χ1n) is 7.31. The molecule has 23 heavy (non-hydrogen) atoms. The minimum absolute atomic E-state index is 0.158. The van der Waals surface area contributed by atoms with Gasteiger partial charge in [-0.2, -0.15) is 0 Å². The van der Waals surface area contributed by atoms with E-state index in [9.17, 15) is 14.4 Å². The molecule has 0 heterocycles. The molecule has 124 valence electrons. The zero-order chi connectivity index (χ0) is 17.0. The van der Waals surface area contributed by atoms with Crippen LogP contribution in [-0.2, 0) is 35.7 Å². The predicted octanol–water partition coefficient (Wildman–Crippen LogP) is 1.57. The van der Waals surface area contributed by atoms with Crippen molar-refractivity contribution in [3.05, 3.63) is 29.3 Å². The van der Waals surface area contributed by atoms with Crippen molar-refractivity contribution in [1.29, 1.82) is 0 Å². The van der Waals surface area contributed by atoms with Gasteiger partial charge in [-0.25, -0.2) is 0 Å². The van der Waals surface area contributed by atoms with Crippen molar-refractivity contribution in [3.8, 4) is 5.75 Å². The molecule has 0 aliphatic heterocycles. The van der Waals surface area contributed by atoms with E-state index in [4.69, 9.17) is 14.2 Å². The maximum absolute atomic E-state index is 12.7. The van der Waals surface area contributed by atoms with E-state index in [1.165, 1.54) is 21.3 Å². The molecule has 1 aromatic carbocycles. The fraction of sp³-hybridized carbons (Fsp3) is 0.471. The predicted molar refractivity (Wildman–Crippen MR) is 81.3 cm³/mol. The van der Waals surface area contributed by atoms with Crippen molar-refractivity contribution >= 4 is 17.7 Å². The number of Topliss-reactive ketones (excluding diaryl/α,β-unsaturated/α-hetero) is 1. The summed E-state index contributed by atoms with van der Waals surface area (Å²) in [6, 6.07) is 5.39. The first-order chi connectivity index (χ1) is 11.0. The minimum Gasteiger partial charge on any atom is -0.497 e. The second-order valence-corrected chi connectivity index (χ2v) is 5.53. The highest BCUT2D eigenvalue weighted by molar-refractivity contribution is 5.99. The molecule has 6 nitrogen and oxygen atoms in total. The fourth-order valence-corrected chi connectivity index (χ4v) is 3.07. The number of carbonyl (C=O) groups is 3. The molecular formula is C17H20O6. The van der Waals surface area contributed by atoms with Gasteiger partial charge in [0.05, 0.1) is 39.6 Å². The van der Waals surface area contributed by atoms with Crippen molar-refractivity contribution in [2.24, 2.45) is 0 Å². The van der Waals surface area contributed by atoms with Gasteiger partial charge in [-0.3, -0.25) is 14.4 Å². The summed E-state index contributed by atoms with van der Waals surface area (Å²) in [5.41, 5.74) is 0.310. The van der Waals surface area contributed by atoms with Crippen LogP contribution in [0.25, 0.3) is 0 Å². The smallest absolute Gasteiger partial charge is 0.306 e. The Morgan fingerprint density at radius 2 is 1.65 bits per heavy atom. The Morgan fingerprint density at radius 1 is 1.04 bits per heavy atom. The lowest BCUT2D eigenvalue weighted by atomic mass is 9.65. The normalized spacial score (nSPS) is 15.5. The highest BCUT2D eigenvalue weighted by atomic mass is 16.5. The number of ether oxygens (including phenoxy) is 3. The van der Waals surface area contributed by atoms with Gasteiger partial charge < -0.3 is 14.2 Å². The van der Waals surface area contributed by atoms with E-state index in [0.717, 1.165) is 5.56 Å². The van der Waals surface area contributed by atoms with Gasteiger partial charge in [0, 0.05) is 6.42 Å². The van der Waals surface area contributed by atoms with Crippen LogP contribution < -0.4 is 4.74 Å². The van der Waals surface area contributed by atoms with Gasteiger partial charge in [0.2, 0.25) is 0 Å². The summed E-state index contributed by atoms with van der Waals surface area (Å²) in [7, 11) is 4.04. The largest absolute Gasteiger partial charge is 0.497 e. The lowest BCUT2D eigenvalue weighted by Crippen LogP contribution is -2.44. The lowest BCUT2D eigenvalue weighted by molar-refractivity contribution is -0.149. The van der Waals surface area contributed by atoms with Crippen LogP contribution >= 0.6 is 0 Å². The molecule has 0 fully saturated rings. The fourth-order valence-electron chi connectivity index (χ4n) is 3.07. The SMILES string of the molecule is COC(=O)CC1(CC(=O)OC)C(=O)CCc2ccc(OC)cc21. The summed E-state index contributed by atoms with van der Waals surface area (Å²) >= 11 is 0. The monoisotopic (exact) mass is 320 g/mol. The molecule has 0 bridgehead atoms. The second-order valence-electron chi connectivity index (χ2n) is 5.53. The van der Waals surface area contributed by atoms with Crippen LogP contribution in [0.5, 0.6) is 5.75 Å². The highest BCUT2D eigenvalue weighted by Gasteiger charge is 2.47. The molecular weight excluding hydrogens is 300 g/mol. The van der Waals surface area contributed by atoms with Crippen molar-refractivity contribution in [2.75, 3.05) is 21.3 Å². The van der Waals surface area contributed by atoms with Gasteiger partial charge in [-0.15, -0.1) is 0 Å². The van der Waals surface area contributed by atoms with E-state index < -0.39 is 17.4 Å². The Balaban J connectivity index is 2.60. The maximum atomic E-state index is 12.7. The second kappa shape index (κ2) is 6.81. The number of fused-ring (bicyclic) bond motifs is 1. The van der Waals surface area contributed by atoms with E-state index in [0.29, 0.717) is 17.7 Å². The molecule has 1 aliphatic rings. The number of carbonyl (C=O) groups excluding carboxylic acids is 3. The molecule has 0 aromatic heterocycles. The van der Waals surface area contributed by atoms with Gasteiger partial charge in [0.1, 0.15) is 11.5 Å². The van der Waals surface area contributed by atoms with Crippen LogP contribution in [0.1, 0.15) is 30.4 Å². The highest BCUT2D eigenvalue weighted by Crippen LogP contribution is 2.42. The first kappa shape index (κ1) is 17.0. The minimum atomic E-state index is -1.26. The van der Waals surface area contributed by atoms with Gasteiger partial charge in [-0.1, -0.05) is 6.07 Å². The molecule has 0 N–H and O–H groups in total. The first-order valence-corrected chi connectivity index (χ1v) is 7.31. The number of methoxy groups -OCH3 is 3. The molecule has 0 radical (unpaired) electrons. The third kappa shape index (κ3) is 3.21. The molecule has 0 amide bonds. The topological polar surface area (TPSA) is 78.9 Å². The number of hydrogen-bond donors (Lipinski definition) is 0. The molecule has 1 aliphatic carbocycles. The van der Waals surface area contributed by atoms with Crippen LogP contribution in [0.2, 0.25) is 0 Å². The third-order valence-electron chi connectivity index (χ3n) is 4.34. The van der Waals surface area contributed by atoms with E-state index in [1.807, 2.05) is 6.07 Å². The van der Waals surface area contributed by atoms with Crippen molar-refractivity contribution < 1.29 is 28.6 Å². The van der Waals surface area contributed by atoms with Crippen LogP contribution in [0.15, 0.2) is 18.2 Å². The molecule has 0 atom stereocenters. The Kier molecular flexibility index (Phi) is 5.03. The standard InChI is InChI=1S/C17H20O6/c1-21-12-6-4-11-5-7-14(18)17(13(11)8-12,9-15(19)22-2)10-16(20)23-3/h4,6,8H,5,7,9-10H2,1-3H3. The number of benzene rings is 1. The summed E-state index contributed by atoms with van der Waals surface area (Å²) in [6.07, 6.45) is 0.449. The number of hydrogen-bond acceptors (Lipinski definition) is 6. The van der Waals surface area contributed by atoms with E-state index >= 15 is 0 Å². The van der Waals surface area contributed by atoms with E-state index in [1.54, 1.807) is 12.1 Å². The maximum Gasteiger partial charge on any atom is 0.306 e. The van der Waals surface area contributed by atoms with Gasteiger partial charge in [0.25, 0.3) is 0 Å². The summed E-state index contributed by atoms with van der Waals surface area (Å²) in [5, 5.41) is 0. The van der Waals surface area contributed by atoms with Crippen molar-refractivity contribution in [2.45, 2.75) is 31.1 Å². The zero-order valence-corrected chi connectivity index (χ0v) is 13.5. The summed E-state index contributed by atoms with van der Waals surface area (Å²) in [6.45, 7) is 0. The third-order valence-corrected chi connectivity index (χ3v) is 4.34. The summed E-state index contributed by atoms with van der Waals surface area (Å²) in [5.74, 6) is -0.678. The summed E-state index contributed by atoms with van der Waals surface area (Å²) < 4.78 is 14.7. The van der Waals surface area contributed by atoms with Crippen molar-refractivity contribution in [3.63, 3.8) is 0 Å². The van der Waals surface area contributed by atoms with Crippen LogP contribution in [0.3, 0.4) is 0 Å². The molecule has 0 unspecified atom stereocenters. The van der Waals surface area contributed by atoms with Crippen molar-refractivity contribution in [1.82, 2.24) is 0 Å². The summed E-state index contributed by atoms with van der Waals surface area (Å²) in [4.78, 5) is 36.5. The number of esters is 2. The van der Waals surface area contributed by atoms with Crippen LogP contribution in [-0.4, -0.2) is 39.1 Å². The molecule has 0 saturated heterocycles.